The fraction of sp³-hybridized carbons (Fsp3) is 0.364. The van der Waals surface area contributed by atoms with Crippen molar-refractivity contribution in [2.24, 2.45) is 0 Å². The Hall–Kier alpha value is -1.07. The lowest BCUT2D eigenvalue weighted by molar-refractivity contribution is 0.0741. The average molecular weight is 288 g/mol. The molecule has 0 aliphatic rings. The maximum atomic E-state index is 11.9. The Kier molecular flexibility index (Phi) is 4.76. The van der Waals surface area contributed by atoms with Crippen LogP contribution in [0.4, 0.5) is 0 Å². The zero-order valence-corrected chi connectivity index (χ0v) is 10.8. The normalized spacial score (nSPS) is 10.2. The smallest absolute Gasteiger partial charge is 0.257 e. The predicted octanol–water partition coefficient (Wildman–Crippen LogP) is 1.87. The molecule has 0 saturated carbocycles. The van der Waals surface area contributed by atoms with Crippen molar-refractivity contribution in [3.63, 3.8) is 0 Å². The molecule has 1 N–H and O–H groups in total. The molecule has 0 atom stereocenters. The summed E-state index contributed by atoms with van der Waals surface area (Å²) in [5, 5.41) is 9.63. The topological polar surface area (TPSA) is 49.8 Å². The first-order valence-corrected chi connectivity index (χ1v) is 5.58. The number of ether oxygens (including phenoxy) is 1. The van der Waals surface area contributed by atoms with Crippen LogP contribution in [0, 0.1) is 0 Å². The number of methoxy groups -OCH3 is 1. The lowest BCUT2D eigenvalue weighted by Crippen LogP contribution is -2.29. The molecule has 1 aromatic rings. The third-order valence-electron chi connectivity index (χ3n) is 2.17. The fourth-order valence-electron chi connectivity index (χ4n) is 1.22. The third-order valence-corrected chi connectivity index (χ3v) is 2.66. The standard InChI is InChI=1S/C11H14BrNO3/c1-13(5-6-16-2)11(15)9-4-3-8(12)7-10(9)14/h3-4,7,14H,5-6H2,1-2H3. The van der Waals surface area contributed by atoms with Gasteiger partial charge in [-0.05, 0) is 18.2 Å². The number of phenols is 1. The third kappa shape index (κ3) is 3.21. The number of carbonyl (C=O) groups excluding carboxylic acids is 1. The molecule has 0 aromatic heterocycles. The van der Waals surface area contributed by atoms with Crippen LogP contribution in [0.15, 0.2) is 22.7 Å². The molecule has 1 aromatic carbocycles. The van der Waals surface area contributed by atoms with Gasteiger partial charge in [0.05, 0.1) is 12.2 Å². The van der Waals surface area contributed by atoms with Crippen molar-refractivity contribution < 1.29 is 14.6 Å². The number of carbonyl (C=O) groups is 1. The minimum Gasteiger partial charge on any atom is -0.507 e. The molecule has 0 bridgehead atoms. The molecular weight excluding hydrogens is 274 g/mol. The Labute approximate surface area is 103 Å². The lowest BCUT2D eigenvalue weighted by atomic mass is 10.2. The lowest BCUT2D eigenvalue weighted by Gasteiger charge is -2.17. The number of nitrogens with zero attached hydrogens (tertiary/aromatic N) is 1. The summed E-state index contributed by atoms with van der Waals surface area (Å²) in [5.41, 5.74) is 0.293. The molecule has 0 aliphatic carbocycles. The number of hydrogen-bond donors (Lipinski definition) is 1. The first kappa shape index (κ1) is 13.0. The van der Waals surface area contributed by atoms with Crippen LogP contribution >= 0.6 is 15.9 Å². The Balaban J connectivity index is 2.79. The highest BCUT2D eigenvalue weighted by molar-refractivity contribution is 9.10. The maximum absolute atomic E-state index is 11.9. The molecule has 4 nitrogen and oxygen atoms in total. The van der Waals surface area contributed by atoms with E-state index in [0.29, 0.717) is 18.7 Å². The minimum atomic E-state index is -0.220. The van der Waals surface area contributed by atoms with E-state index < -0.39 is 0 Å². The molecule has 0 fully saturated rings. The molecule has 5 heteroatoms. The summed E-state index contributed by atoms with van der Waals surface area (Å²) >= 11 is 3.22. The number of rotatable bonds is 4. The van der Waals surface area contributed by atoms with E-state index in [0.717, 1.165) is 4.47 Å². The van der Waals surface area contributed by atoms with Gasteiger partial charge in [0.15, 0.2) is 0 Å². The molecule has 88 valence electrons. The van der Waals surface area contributed by atoms with Crippen molar-refractivity contribution in [1.29, 1.82) is 0 Å². The van der Waals surface area contributed by atoms with Crippen LogP contribution in [-0.4, -0.2) is 43.2 Å². The molecule has 1 amide bonds. The van der Waals surface area contributed by atoms with Gasteiger partial charge in [0, 0.05) is 25.2 Å². The highest BCUT2D eigenvalue weighted by atomic mass is 79.9. The Bertz CT molecular complexity index is 381. The van der Waals surface area contributed by atoms with Gasteiger partial charge in [-0.25, -0.2) is 0 Å². The number of benzene rings is 1. The molecule has 0 heterocycles. The van der Waals surface area contributed by atoms with Crippen LogP contribution in [0.25, 0.3) is 0 Å². The van der Waals surface area contributed by atoms with E-state index in [4.69, 9.17) is 4.74 Å². The summed E-state index contributed by atoms with van der Waals surface area (Å²) in [6.07, 6.45) is 0. The number of aromatic hydroxyl groups is 1. The molecule has 0 radical (unpaired) electrons. The van der Waals surface area contributed by atoms with Crippen molar-refractivity contribution in [3.8, 4) is 5.75 Å². The summed E-state index contributed by atoms with van der Waals surface area (Å²) < 4.78 is 5.62. The van der Waals surface area contributed by atoms with E-state index in [9.17, 15) is 9.90 Å². The van der Waals surface area contributed by atoms with E-state index in [1.807, 2.05) is 0 Å². The highest BCUT2D eigenvalue weighted by Crippen LogP contribution is 2.23. The summed E-state index contributed by atoms with van der Waals surface area (Å²) in [5.74, 6) is -0.245. The Morgan fingerprint density at radius 2 is 2.25 bits per heavy atom. The quantitative estimate of drug-likeness (QED) is 0.920. The van der Waals surface area contributed by atoms with E-state index >= 15 is 0 Å². The zero-order valence-electron chi connectivity index (χ0n) is 9.24. The second kappa shape index (κ2) is 5.86. The summed E-state index contributed by atoms with van der Waals surface area (Å²) in [6.45, 7) is 0.963. The van der Waals surface area contributed by atoms with Gasteiger partial charge in [0.25, 0.3) is 5.91 Å². The second-order valence-corrected chi connectivity index (χ2v) is 4.30. The second-order valence-electron chi connectivity index (χ2n) is 3.38. The van der Waals surface area contributed by atoms with Crippen molar-refractivity contribution in [2.45, 2.75) is 0 Å². The van der Waals surface area contributed by atoms with Gasteiger partial charge in [0.1, 0.15) is 5.75 Å². The number of amides is 1. The van der Waals surface area contributed by atoms with Crippen LogP contribution < -0.4 is 0 Å². The zero-order chi connectivity index (χ0) is 12.1. The van der Waals surface area contributed by atoms with Gasteiger partial charge in [-0.3, -0.25) is 4.79 Å². The number of likely N-dealkylation sites (N-methyl/N-ethyl adjacent to an activating group) is 1. The van der Waals surface area contributed by atoms with Gasteiger partial charge >= 0.3 is 0 Å². The van der Waals surface area contributed by atoms with Gasteiger partial charge in [-0.2, -0.15) is 0 Å². The molecule has 16 heavy (non-hydrogen) atoms. The van der Waals surface area contributed by atoms with Crippen molar-refractivity contribution >= 4 is 21.8 Å². The minimum absolute atomic E-state index is 0.0244. The average Bonchev–Trinajstić information content (AvgIpc) is 2.25. The molecule has 0 unspecified atom stereocenters. The predicted molar refractivity (Wildman–Crippen MR) is 64.6 cm³/mol. The molecule has 0 aliphatic heterocycles. The summed E-state index contributed by atoms with van der Waals surface area (Å²) in [7, 11) is 3.25. The monoisotopic (exact) mass is 287 g/mol. The first-order valence-electron chi connectivity index (χ1n) is 4.79. The number of phenolic OH excluding ortho intramolecular Hbond substituents is 1. The van der Waals surface area contributed by atoms with E-state index in [2.05, 4.69) is 15.9 Å². The van der Waals surface area contributed by atoms with Gasteiger partial charge in [0.2, 0.25) is 0 Å². The Morgan fingerprint density at radius 3 is 2.81 bits per heavy atom. The van der Waals surface area contributed by atoms with E-state index in [1.165, 1.54) is 11.0 Å². The van der Waals surface area contributed by atoms with Gasteiger partial charge in [-0.1, -0.05) is 15.9 Å². The van der Waals surface area contributed by atoms with Crippen molar-refractivity contribution in [1.82, 2.24) is 4.90 Å². The largest absolute Gasteiger partial charge is 0.507 e. The Morgan fingerprint density at radius 1 is 1.56 bits per heavy atom. The van der Waals surface area contributed by atoms with Gasteiger partial charge < -0.3 is 14.7 Å². The molecule has 1 rings (SSSR count). The molecule has 0 spiro atoms. The summed E-state index contributed by atoms with van der Waals surface area (Å²) in [4.78, 5) is 13.4. The molecular formula is C11H14BrNO3. The first-order chi connectivity index (χ1) is 7.56. The van der Waals surface area contributed by atoms with E-state index in [1.54, 1.807) is 26.3 Å². The molecule has 0 saturated heterocycles. The fourth-order valence-corrected chi connectivity index (χ4v) is 1.57. The van der Waals surface area contributed by atoms with Gasteiger partial charge in [-0.15, -0.1) is 0 Å². The maximum Gasteiger partial charge on any atom is 0.257 e. The summed E-state index contributed by atoms with van der Waals surface area (Å²) in [6, 6.07) is 4.81. The highest BCUT2D eigenvalue weighted by Gasteiger charge is 2.15. The van der Waals surface area contributed by atoms with Crippen LogP contribution in [0.1, 0.15) is 10.4 Å². The number of hydrogen-bond acceptors (Lipinski definition) is 3. The SMILES string of the molecule is COCCN(C)C(=O)c1ccc(Br)cc1O. The van der Waals surface area contributed by atoms with E-state index in [-0.39, 0.29) is 11.7 Å². The number of halogens is 1. The van der Waals surface area contributed by atoms with Crippen molar-refractivity contribution in [3.05, 3.63) is 28.2 Å². The van der Waals surface area contributed by atoms with Crippen molar-refractivity contribution in [2.75, 3.05) is 27.3 Å². The van der Waals surface area contributed by atoms with Crippen LogP contribution in [-0.2, 0) is 4.74 Å². The van der Waals surface area contributed by atoms with Crippen LogP contribution in [0.5, 0.6) is 5.75 Å². The van der Waals surface area contributed by atoms with Crippen LogP contribution in [0.3, 0.4) is 0 Å². The van der Waals surface area contributed by atoms with Crippen LogP contribution in [0.2, 0.25) is 0 Å².